The van der Waals surface area contributed by atoms with E-state index in [-0.39, 0.29) is 11.3 Å². The van der Waals surface area contributed by atoms with Gasteiger partial charge < -0.3 is 9.42 Å². The highest BCUT2D eigenvalue weighted by Crippen LogP contribution is 2.18. The normalized spacial score (nSPS) is 11.9. The van der Waals surface area contributed by atoms with Crippen molar-refractivity contribution in [3.63, 3.8) is 0 Å². The summed E-state index contributed by atoms with van der Waals surface area (Å²) < 4.78 is 5.19. The predicted octanol–water partition coefficient (Wildman–Crippen LogP) is 2.80. The van der Waals surface area contributed by atoms with E-state index < -0.39 is 0 Å². The van der Waals surface area contributed by atoms with Gasteiger partial charge in [0.2, 0.25) is 11.8 Å². The number of carbonyl (C=O) groups excluding carboxylic acids is 1. The molecule has 0 aliphatic rings. The molecule has 0 spiro atoms. The molecular formula is C15H27N3O2. The lowest BCUT2D eigenvalue weighted by Gasteiger charge is -2.17. The van der Waals surface area contributed by atoms with Gasteiger partial charge in [0.25, 0.3) is 0 Å². The number of amides is 1. The molecule has 0 aliphatic carbocycles. The Labute approximate surface area is 121 Å². The Morgan fingerprint density at radius 3 is 2.50 bits per heavy atom. The van der Waals surface area contributed by atoms with Crippen LogP contribution < -0.4 is 0 Å². The van der Waals surface area contributed by atoms with Crippen LogP contribution in [0.25, 0.3) is 0 Å². The summed E-state index contributed by atoms with van der Waals surface area (Å²) in [6.07, 6.45) is 1.95. The van der Waals surface area contributed by atoms with E-state index >= 15 is 0 Å². The predicted molar refractivity (Wildman–Crippen MR) is 78.4 cm³/mol. The maximum atomic E-state index is 12.0. The van der Waals surface area contributed by atoms with Crippen molar-refractivity contribution >= 4 is 5.91 Å². The third-order valence-electron chi connectivity index (χ3n) is 3.16. The summed E-state index contributed by atoms with van der Waals surface area (Å²) >= 11 is 0. The highest BCUT2D eigenvalue weighted by molar-refractivity contribution is 5.75. The first-order chi connectivity index (χ1) is 9.20. The summed E-state index contributed by atoms with van der Waals surface area (Å²) in [7, 11) is 1.85. The first-order valence-corrected chi connectivity index (χ1v) is 7.27. The van der Waals surface area contributed by atoms with E-state index in [9.17, 15) is 4.79 Å². The largest absolute Gasteiger partial charge is 0.346 e. The number of carbonyl (C=O) groups is 1. The Kier molecular flexibility index (Phi) is 5.72. The first kappa shape index (κ1) is 16.7. The molecule has 1 rings (SSSR count). The second kappa shape index (κ2) is 6.86. The Morgan fingerprint density at radius 1 is 1.35 bits per heavy atom. The molecule has 0 bridgehead atoms. The lowest BCUT2D eigenvalue weighted by molar-refractivity contribution is -0.130. The zero-order valence-electron chi connectivity index (χ0n) is 13.6. The minimum atomic E-state index is -0.125. The molecule has 0 saturated heterocycles. The molecule has 1 heterocycles. The molecule has 0 aliphatic heterocycles. The van der Waals surface area contributed by atoms with Crippen LogP contribution >= 0.6 is 0 Å². The Morgan fingerprint density at radius 2 is 2.00 bits per heavy atom. The van der Waals surface area contributed by atoms with Gasteiger partial charge in [0.05, 0.1) is 0 Å². The molecule has 0 unspecified atom stereocenters. The van der Waals surface area contributed by atoms with Crippen LogP contribution in [0.1, 0.15) is 59.2 Å². The second-order valence-electron chi connectivity index (χ2n) is 6.76. The van der Waals surface area contributed by atoms with Gasteiger partial charge in [-0.25, -0.2) is 0 Å². The van der Waals surface area contributed by atoms with Crippen molar-refractivity contribution in [3.8, 4) is 0 Å². The van der Waals surface area contributed by atoms with E-state index in [0.29, 0.717) is 30.5 Å². The van der Waals surface area contributed by atoms with Gasteiger partial charge in [-0.3, -0.25) is 4.79 Å². The Balaban J connectivity index is 2.43. The number of aromatic nitrogens is 2. The third kappa shape index (κ3) is 5.31. The molecule has 0 aromatic carbocycles. The summed E-state index contributed by atoms with van der Waals surface area (Å²) in [4.78, 5) is 18.1. The van der Waals surface area contributed by atoms with Crippen molar-refractivity contribution < 1.29 is 9.32 Å². The molecule has 1 aromatic rings. The van der Waals surface area contributed by atoms with Gasteiger partial charge >= 0.3 is 0 Å². The zero-order chi connectivity index (χ0) is 15.3. The van der Waals surface area contributed by atoms with Gasteiger partial charge in [0.1, 0.15) is 0 Å². The van der Waals surface area contributed by atoms with Gasteiger partial charge in [-0.05, 0) is 12.3 Å². The fourth-order valence-electron chi connectivity index (χ4n) is 1.64. The van der Waals surface area contributed by atoms with Crippen molar-refractivity contribution in [2.75, 3.05) is 13.6 Å². The van der Waals surface area contributed by atoms with Crippen LogP contribution in [-0.4, -0.2) is 34.5 Å². The monoisotopic (exact) mass is 281 g/mol. The molecule has 20 heavy (non-hydrogen) atoms. The summed E-state index contributed by atoms with van der Waals surface area (Å²) in [5.74, 6) is 1.96. The fraction of sp³-hybridized carbons (Fsp3) is 0.800. The lowest BCUT2D eigenvalue weighted by Crippen LogP contribution is -2.28. The fourth-order valence-corrected chi connectivity index (χ4v) is 1.64. The lowest BCUT2D eigenvalue weighted by atomic mass is 9.96. The number of hydrogen-bond donors (Lipinski definition) is 0. The van der Waals surface area contributed by atoms with E-state index in [1.807, 2.05) is 27.8 Å². The number of hydrogen-bond acceptors (Lipinski definition) is 4. The minimum Gasteiger partial charge on any atom is -0.346 e. The summed E-state index contributed by atoms with van der Waals surface area (Å²) in [6.45, 7) is 11.2. The highest BCUT2D eigenvalue weighted by Gasteiger charge is 2.21. The summed E-state index contributed by atoms with van der Waals surface area (Å²) in [5.41, 5.74) is -0.125. The van der Waals surface area contributed by atoms with Crippen molar-refractivity contribution in [1.82, 2.24) is 15.0 Å². The van der Waals surface area contributed by atoms with Gasteiger partial charge in [-0.15, -0.1) is 0 Å². The maximum absolute atomic E-state index is 12.0. The van der Waals surface area contributed by atoms with Gasteiger partial charge in [-0.2, -0.15) is 4.98 Å². The summed E-state index contributed by atoms with van der Waals surface area (Å²) in [6, 6.07) is 0. The Bertz CT molecular complexity index is 433. The van der Waals surface area contributed by atoms with E-state index in [2.05, 4.69) is 24.0 Å². The third-order valence-corrected chi connectivity index (χ3v) is 3.16. The van der Waals surface area contributed by atoms with Crippen LogP contribution in [0.3, 0.4) is 0 Å². The SMILES string of the molecule is CC(C)CCN(C)C(=O)CCc1nc(C(C)(C)C)no1. The second-order valence-corrected chi connectivity index (χ2v) is 6.76. The average Bonchev–Trinajstić information content (AvgIpc) is 2.81. The van der Waals surface area contributed by atoms with Gasteiger partial charge in [0.15, 0.2) is 5.82 Å². The van der Waals surface area contributed by atoms with Crippen LogP contribution in [0.2, 0.25) is 0 Å². The number of nitrogens with zero attached hydrogens (tertiary/aromatic N) is 3. The molecule has 114 valence electrons. The molecule has 5 nitrogen and oxygen atoms in total. The smallest absolute Gasteiger partial charge is 0.227 e. The molecule has 0 atom stereocenters. The average molecular weight is 281 g/mol. The van der Waals surface area contributed by atoms with Crippen molar-refractivity contribution in [2.45, 2.75) is 59.3 Å². The van der Waals surface area contributed by atoms with Crippen molar-refractivity contribution in [3.05, 3.63) is 11.7 Å². The molecule has 0 N–H and O–H groups in total. The van der Waals surface area contributed by atoms with E-state index in [4.69, 9.17) is 4.52 Å². The molecular weight excluding hydrogens is 254 g/mol. The van der Waals surface area contributed by atoms with Crippen LogP contribution in [0.5, 0.6) is 0 Å². The van der Waals surface area contributed by atoms with Gasteiger partial charge in [-0.1, -0.05) is 39.8 Å². The zero-order valence-corrected chi connectivity index (χ0v) is 13.6. The van der Waals surface area contributed by atoms with Gasteiger partial charge in [0, 0.05) is 31.8 Å². The van der Waals surface area contributed by atoms with Crippen LogP contribution in [-0.2, 0) is 16.6 Å². The summed E-state index contributed by atoms with van der Waals surface area (Å²) in [5, 5.41) is 3.96. The molecule has 5 heteroatoms. The topological polar surface area (TPSA) is 59.2 Å². The van der Waals surface area contributed by atoms with Crippen molar-refractivity contribution in [2.24, 2.45) is 5.92 Å². The molecule has 1 amide bonds. The van der Waals surface area contributed by atoms with Crippen LogP contribution in [0, 0.1) is 5.92 Å². The quantitative estimate of drug-likeness (QED) is 0.804. The van der Waals surface area contributed by atoms with E-state index in [1.165, 1.54) is 0 Å². The van der Waals surface area contributed by atoms with E-state index in [1.54, 1.807) is 4.90 Å². The number of aryl methyl sites for hydroxylation is 1. The van der Waals surface area contributed by atoms with Crippen LogP contribution in [0.4, 0.5) is 0 Å². The maximum Gasteiger partial charge on any atom is 0.227 e. The van der Waals surface area contributed by atoms with Crippen molar-refractivity contribution in [1.29, 1.82) is 0 Å². The highest BCUT2D eigenvalue weighted by atomic mass is 16.5. The minimum absolute atomic E-state index is 0.125. The molecule has 0 saturated carbocycles. The first-order valence-electron chi connectivity index (χ1n) is 7.27. The van der Waals surface area contributed by atoms with E-state index in [0.717, 1.165) is 13.0 Å². The number of rotatable bonds is 6. The molecule has 1 aromatic heterocycles. The molecule has 0 radical (unpaired) electrons. The standard InChI is InChI=1S/C15H27N3O2/c1-11(2)9-10-18(6)13(19)8-7-12-16-14(17-20-12)15(3,4)5/h11H,7-10H2,1-6H3. The van der Waals surface area contributed by atoms with Crippen LogP contribution in [0.15, 0.2) is 4.52 Å². The Hall–Kier alpha value is -1.39. The molecule has 0 fully saturated rings.